The summed E-state index contributed by atoms with van der Waals surface area (Å²) in [4.78, 5) is 13.2. The molecule has 0 aromatic heterocycles. The summed E-state index contributed by atoms with van der Waals surface area (Å²) in [5.74, 6) is 0.467. The Morgan fingerprint density at radius 3 is 2.30 bits per heavy atom. The Morgan fingerprint density at radius 1 is 1.09 bits per heavy atom. The van der Waals surface area contributed by atoms with Crippen molar-refractivity contribution >= 4 is 21.6 Å². The van der Waals surface area contributed by atoms with E-state index in [0.29, 0.717) is 36.9 Å². The molecule has 1 fully saturated rings. The van der Waals surface area contributed by atoms with Crippen molar-refractivity contribution in [2.24, 2.45) is 0 Å². The molecule has 3 rings (SSSR count). The van der Waals surface area contributed by atoms with Gasteiger partial charge in [0.1, 0.15) is 6.04 Å². The summed E-state index contributed by atoms with van der Waals surface area (Å²) in [6, 6.07) is 13.8. The molecule has 2 aromatic carbocycles. The van der Waals surface area contributed by atoms with E-state index in [1.54, 1.807) is 25.1 Å². The third-order valence-corrected chi connectivity index (χ3v) is 7.39. The predicted molar refractivity (Wildman–Crippen MR) is 128 cm³/mol. The van der Waals surface area contributed by atoms with Gasteiger partial charge in [-0.05, 0) is 37.5 Å². The second-order valence-electron chi connectivity index (χ2n) is 8.25. The molecule has 1 aliphatic heterocycles. The van der Waals surface area contributed by atoms with Crippen molar-refractivity contribution in [1.82, 2.24) is 5.32 Å². The van der Waals surface area contributed by atoms with Crippen molar-refractivity contribution in [3.05, 3.63) is 54.1 Å². The lowest BCUT2D eigenvalue weighted by atomic mass is 9.74. The van der Waals surface area contributed by atoms with E-state index in [9.17, 15) is 13.2 Å². The highest BCUT2D eigenvalue weighted by Crippen LogP contribution is 2.35. The minimum atomic E-state index is -3.76. The zero-order valence-electron chi connectivity index (χ0n) is 19.5. The van der Waals surface area contributed by atoms with Crippen molar-refractivity contribution in [3.63, 3.8) is 0 Å². The van der Waals surface area contributed by atoms with E-state index in [2.05, 4.69) is 17.4 Å². The van der Waals surface area contributed by atoms with Crippen LogP contribution in [0.1, 0.15) is 25.3 Å². The standard InChI is InChI=1S/C24H32N2O6S/c1-18(26(33(4,28)29)20-10-11-21(30-2)22(16-20)31-3)23(27)25-17-24(12-14-32-15-13-24)19-8-6-5-7-9-19/h5-11,16,18H,12-15,17H2,1-4H3,(H,25,27). The minimum Gasteiger partial charge on any atom is -0.493 e. The van der Waals surface area contributed by atoms with E-state index in [1.165, 1.54) is 14.2 Å². The molecular formula is C24H32N2O6S. The third-order valence-electron chi connectivity index (χ3n) is 6.15. The van der Waals surface area contributed by atoms with Crippen molar-refractivity contribution in [1.29, 1.82) is 0 Å². The van der Waals surface area contributed by atoms with Gasteiger partial charge in [0.25, 0.3) is 0 Å². The number of carbonyl (C=O) groups excluding carboxylic acids is 1. The normalized spacial score (nSPS) is 16.5. The summed E-state index contributed by atoms with van der Waals surface area (Å²) in [5, 5.41) is 3.01. The van der Waals surface area contributed by atoms with E-state index in [0.717, 1.165) is 29.0 Å². The number of nitrogens with zero attached hydrogens (tertiary/aromatic N) is 1. The first-order chi connectivity index (χ1) is 15.7. The van der Waals surface area contributed by atoms with Crippen LogP contribution in [0, 0.1) is 0 Å². The topological polar surface area (TPSA) is 94.2 Å². The van der Waals surface area contributed by atoms with Gasteiger partial charge in [-0.2, -0.15) is 0 Å². The fourth-order valence-corrected chi connectivity index (χ4v) is 5.46. The predicted octanol–water partition coefficient (Wildman–Crippen LogP) is 2.72. The Labute approximate surface area is 195 Å². The first-order valence-electron chi connectivity index (χ1n) is 10.8. The lowest BCUT2D eigenvalue weighted by Crippen LogP contribution is -2.51. The lowest BCUT2D eigenvalue weighted by Gasteiger charge is -2.38. The number of carbonyl (C=O) groups is 1. The number of rotatable bonds is 9. The molecule has 9 heteroatoms. The van der Waals surface area contributed by atoms with Gasteiger partial charge < -0.3 is 19.5 Å². The van der Waals surface area contributed by atoms with Crippen molar-refractivity contribution in [2.45, 2.75) is 31.2 Å². The molecule has 1 heterocycles. The molecule has 1 aliphatic rings. The van der Waals surface area contributed by atoms with Gasteiger partial charge in [-0.15, -0.1) is 0 Å². The van der Waals surface area contributed by atoms with Crippen LogP contribution in [0.15, 0.2) is 48.5 Å². The average molecular weight is 477 g/mol. The molecule has 1 N–H and O–H groups in total. The Morgan fingerprint density at radius 2 is 1.73 bits per heavy atom. The van der Waals surface area contributed by atoms with Gasteiger partial charge in [0.05, 0.1) is 26.2 Å². The summed E-state index contributed by atoms with van der Waals surface area (Å²) in [6.07, 6.45) is 2.63. The van der Waals surface area contributed by atoms with E-state index < -0.39 is 16.1 Å². The summed E-state index contributed by atoms with van der Waals surface area (Å²) in [7, 11) is -0.789. The van der Waals surface area contributed by atoms with E-state index in [-0.39, 0.29) is 11.3 Å². The largest absolute Gasteiger partial charge is 0.493 e. The molecule has 0 radical (unpaired) electrons. The zero-order chi connectivity index (χ0) is 24.1. The van der Waals surface area contributed by atoms with Gasteiger partial charge in [0.15, 0.2) is 11.5 Å². The number of ether oxygens (including phenoxy) is 3. The van der Waals surface area contributed by atoms with Crippen molar-refractivity contribution < 1.29 is 27.4 Å². The Hall–Kier alpha value is -2.78. The molecule has 0 saturated carbocycles. The van der Waals surface area contributed by atoms with Gasteiger partial charge in [-0.25, -0.2) is 8.42 Å². The highest BCUT2D eigenvalue weighted by atomic mass is 32.2. The molecule has 0 spiro atoms. The van der Waals surface area contributed by atoms with Crippen LogP contribution in [0.25, 0.3) is 0 Å². The van der Waals surface area contributed by atoms with Gasteiger partial charge in [0, 0.05) is 31.2 Å². The first-order valence-corrected chi connectivity index (χ1v) is 12.7. The maximum absolute atomic E-state index is 13.2. The second-order valence-corrected chi connectivity index (χ2v) is 10.1. The van der Waals surface area contributed by atoms with Crippen molar-refractivity contribution in [3.8, 4) is 11.5 Å². The lowest BCUT2D eigenvalue weighted by molar-refractivity contribution is -0.122. The van der Waals surface area contributed by atoms with Crippen LogP contribution in [-0.4, -0.2) is 60.6 Å². The average Bonchev–Trinajstić information content (AvgIpc) is 2.82. The van der Waals surface area contributed by atoms with Gasteiger partial charge in [-0.3, -0.25) is 9.10 Å². The minimum absolute atomic E-state index is 0.256. The van der Waals surface area contributed by atoms with Crippen LogP contribution in [0.2, 0.25) is 0 Å². The molecule has 1 amide bonds. The number of amides is 1. The molecule has 1 saturated heterocycles. The molecule has 33 heavy (non-hydrogen) atoms. The molecule has 1 unspecified atom stereocenters. The quantitative estimate of drug-likeness (QED) is 0.598. The summed E-state index contributed by atoms with van der Waals surface area (Å²) >= 11 is 0. The van der Waals surface area contributed by atoms with Crippen LogP contribution in [0.4, 0.5) is 5.69 Å². The Kier molecular flexibility index (Phi) is 7.86. The highest BCUT2D eigenvalue weighted by molar-refractivity contribution is 7.92. The fourth-order valence-electron chi connectivity index (χ4n) is 4.30. The SMILES string of the molecule is COc1ccc(N(C(C)C(=O)NCC2(c3ccccc3)CCOCC2)S(C)(=O)=O)cc1OC. The van der Waals surface area contributed by atoms with Crippen LogP contribution in [0.3, 0.4) is 0 Å². The number of benzene rings is 2. The number of methoxy groups -OCH3 is 2. The van der Waals surface area contributed by atoms with E-state index >= 15 is 0 Å². The second kappa shape index (κ2) is 10.4. The molecule has 1 atom stereocenters. The van der Waals surface area contributed by atoms with Crippen LogP contribution >= 0.6 is 0 Å². The summed E-state index contributed by atoms with van der Waals surface area (Å²) < 4.78 is 42.6. The number of nitrogens with one attached hydrogen (secondary N) is 1. The number of anilines is 1. The van der Waals surface area contributed by atoms with Crippen LogP contribution in [0.5, 0.6) is 11.5 Å². The Bertz CT molecular complexity index is 1050. The highest BCUT2D eigenvalue weighted by Gasteiger charge is 2.36. The summed E-state index contributed by atoms with van der Waals surface area (Å²) in [5.41, 5.74) is 1.21. The van der Waals surface area contributed by atoms with Crippen LogP contribution in [-0.2, 0) is 25.0 Å². The maximum atomic E-state index is 13.2. The fraction of sp³-hybridized carbons (Fsp3) is 0.458. The molecule has 2 aromatic rings. The van der Waals surface area contributed by atoms with Gasteiger partial charge in [-0.1, -0.05) is 30.3 Å². The first kappa shape index (κ1) is 24.9. The monoisotopic (exact) mass is 476 g/mol. The number of sulfonamides is 1. The smallest absolute Gasteiger partial charge is 0.243 e. The molecule has 8 nitrogen and oxygen atoms in total. The number of hydrogen-bond donors (Lipinski definition) is 1. The van der Waals surface area contributed by atoms with Gasteiger partial charge >= 0.3 is 0 Å². The molecular weight excluding hydrogens is 444 g/mol. The van der Waals surface area contributed by atoms with E-state index in [4.69, 9.17) is 14.2 Å². The zero-order valence-corrected chi connectivity index (χ0v) is 20.4. The maximum Gasteiger partial charge on any atom is 0.243 e. The third kappa shape index (κ3) is 5.59. The van der Waals surface area contributed by atoms with Crippen LogP contribution < -0.4 is 19.1 Å². The summed E-state index contributed by atoms with van der Waals surface area (Å²) in [6.45, 7) is 3.20. The number of hydrogen-bond acceptors (Lipinski definition) is 6. The van der Waals surface area contributed by atoms with Gasteiger partial charge in [0.2, 0.25) is 15.9 Å². The molecule has 180 valence electrons. The molecule has 0 aliphatic carbocycles. The molecule has 0 bridgehead atoms. The van der Waals surface area contributed by atoms with E-state index in [1.807, 2.05) is 18.2 Å². The Balaban J connectivity index is 1.84. The van der Waals surface area contributed by atoms with Crippen molar-refractivity contribution in [2.75, 3.05) is 44.5 Å².